The highest BCUT2D eigenvalue weighted by Crippen LogP contribution is 2.36. The van der Waals surface area contributed by atoms with E-state index in [0.717, 1.165) is 25.7 Å². The van der Waals surface area contributed by atoms with Gasteiger partial charge in [-0.1, -0.05) is 19.3 Å². The Hall–Kier alpha value is -1.54. The molecule has 1 saturated carbocycles. The Morgan fingerprint density at radius 1 is 1.09 bits per heavy atom. The van der Waals surface area contributed by atoms with Crippen LogP contribution in [0.25, 0.3) is 0 Å². The monoisotopic (exact) mass is 309 g/mol. The van der Waals surface area contributed by atoms with Crippen LogP contribution in [0.15, 0.2) is 0 Å². The lowest BCUT2D eigenvalue weighted by atomic mass is 9.94. The van der Waals surface area contributed by atoms with Crippen LogP contribution in [0.2, 0.25) is 0 Å². The Morgan fingerprint density at radius 2 is 1.82 bits per heavy atom. The van der Waals surface area contributed by atoms with Crippen molar-refractivity contribution in [2.24, 2.45) is 0 Å². The minimum Gasteiger partial charge on any atom is -0.395 e. The fourth-order valence-corrected chi connectivity index (χ4v) is 4.30. The highest BCUT2D eigenvalue weighted by Gasteiger charge is 2.58. The van der Waals surface area contributed by atoms with E-state index in [9.17, 15) is 9.59 Å². The highest BCUT2D eigenvalue weighted by molar-refractivity contribution is 5.85. The molecule has 4 fully saturated rings. The molecule has 8 nitrogen and oxygen atoms in total. The first kappa shape index (κ1) is 14.1. The first-order chi connectivity index (χ1) is 10.7. The minimum atomic E-state index is -0.223. The smallest absolute Gasteiger partial charge is 0.324 e. The van der Waals surface area contributed by atoms with Crippen molar-refractivity contribution in [3.05, 3.63) is 0 Å². The summed E-state index contributed by atoms with van der Waals surface area (Å²) in [7, 11) is 0. The number of hydrogen-bond acceptors (Lipinski definition) is 4. The lowest BCUT2D eigenvalue weighted by Gasteiger charge is -2.41. The van der Waals surface area contributed by atoms with Gasteiger partial charge in [0.1, 0.15) is 6.17 Å². The first-order valence-electron chi connectivity index (χ1n) is 8.20. The molecule has 0 spiro atoms. The number of nitrogens with one attached hydrogen (secondary N) is 1. The number of aliphatic hydroxyl groups is 1. The Bertz CT molecular complexity index is 481. The summed E-state index contributed by atoms with van der Waals surface area (Å²) < 4.78 is 0. The van der Waals surface area contributed by atoms with E-state index in [4.69, 9.17) is 5.11 Å². The molecular weight excluding hydrogens is 286 g/mol. The average Bonchev–Trinajstić information content (AvgIpc) is 2.99. The summed E-state index contributed by atoms with van der Waals surface area (Å²) in [6, 6.07) is 0.147. The maximum atomic E-state index is 12.9. The summed E-state index contributed by atoms with van der Waals surface area (Å²) in [5.41, 5.74) is 0. The van der Waals surface area contributed by atoms with Gasteiger partial charge >= 0.3 is 12.1 Å². The number of urea groups is 2. The van der Waals surface area contributed by atoms with Crippen LogP contribution in [0.3, 0.4) is 0 Å². The molecule has 3 saturated heterocycles. The van der Waals surface area contributed by atoms with Gasteiger partial charge in [-0.2, -0.15) is 0 Å². The predicted octanol–water partition coefficient (Wildman–Crippen LogP) is -0.0430. The van der Waals surface area contributed by atoms with Gasteiger partial charge in [0.2, 0.25) is 0 Å². The Kier molecular flexibility index (Phi) is 3.37. The summed E-state index contributed by atoms with van der Waals surface area (Å²) in [5, 5.41) is 12.1. The van der Waals surface area contributed by atoms with Crippen LogP contribution in [-0.2, 0) is 0 Å². The number of rotatable bonds is 3. The second-order valence-electron chi connectivity index (χ2n) is 6.63. The zero-order valence-electron chi connectivity index (χ0n) is 12.6. The molecule has 2 N–H and O–H groups in total. The van der Waals surface area contributed by atoms with Gasteiger partial charge in [-0.25, -0.2) is 9.59 Å². The van der Waals surface area contributed by atoms with Gasteiger partial charge in [-0.15, -0.1) is 0 Å². The molecule has 1 aliphatic carbocycles. The van der Waals surface area contributed by atoms with E-state index >= 15 is 0 Å². The molecule has 0 radical (unpaired) electrons. The average molecular weight is 309 g/mol. The summed E-state index contributed by atoms with van der Waals surface area (Å²) in [5.74, 6) is 0. The molecule has 4 amide bonds. The maximum absolute atomic E-state index is 12.9. The van der Waals surface area contributed by atoms with Crippen molar-refractivity contribution in [2.75, 3.05) is 26.5 Å². The van der Waals surface area contributed by atoms with Gasteiger partial charge in [0.05, 0.1) is 19.9 Å². The van der Waals surface area contributed by atoms with E-state index in [1.165, 1.54) is 6.42 Å². The van der Waals surface area contributed by atoms with E-state index in [2.05, 4.69) is 5.32 Å². The third kappa shape index (κ3) is 1.97. The Balaban J connectivity index is 1.60. The molecule has 8 heteroatoms. The number of β-amino-alcohol motifs (C(OH)–C–C–N with tert-alkyl or cyclic N) is 1. The van der Waals surface area contributed by atoms with E-state index < -0.39 is 0 Å². The second kappa shape index (κ2) is 5.27. The molecule has 0 unspecified atom stereocenters. The van der Waals surface area contributed by atoms with Crippen LogP contribution in [0.4, 0.5) is 9.59 Å². The molecule has 3 aliphatic heterocycles. The van der Waals surface area contributed by atoms with Crippen molar-refractivity contribution in [1.82, 2.24) is 24.9 Å². The van der Waals surface area contributed by atoms with Gasteiger partial charge in [-0.3, -0.25) is 19.6 Å². The molecule has 3 heterocycles. The molecular formula is C14H23N5O3. The van der Waals surface area contributed by atoms with Crippen molar-refractivity contribution in [1.29, 1.82) is 0 Å². The van der Waals surface area contributed by atoms with Gasteiger partial charge in [0, 0.05) is 12.6 Å². The third-order valence-electron chi connectivity index (χ3n) is 5.31. The Labute approximate surface area is 129 Å². The number of carbonyl (C=O) groups excluding carboxylic acids is 2. The summed E-state index contributed by atoms with van der Waals surface area (Å²) >= 11 is 0. The fourth-order valence-electron chi connectivity index (χ4n) is 4.30. The Morgan fingerprint density at radius 3 is 2.55 bits per heavy atom. The molecule has 4 rings (SSSR count). The lowest BCUT2D eigenvalue weighted by molar-refractivity contribution is -0.0165. The van der Waals surface area contributed by atoms with E-state index in [1.54, 1.807) is 9.80 Å². The van der Waals surface area contributed by atoms with Crippen LogP contribution in [0, 0.1) is 0 Å². The van der Waals surface area contributed by atoms with Gasteiger partial charge in [0.15, 0.2) is 6.17 Å². The third-order valence-corrected chi connectivity index (χ3v) is 5.31. The van der Waals surface area contributed by atoms with E-state index in [-0.39, 0.29) is 37.0 Å². The topological polar surface area (TPSA) is 79.4 Å². The van der Waals surface area contributed by atoms with Crippen molar-refractivity contribution in [2.45, 2.75) is 50.5 Å². The van der Waals surface area contributed by atoms with Crippen LogP contribution < -0.4 is 5.32 Å². The van der Waals surface area contributed by atoms with Gasteiger partial charge in [-0.05, 0) is 12.8 Å². The molecule has 122 valence electrons. The van der Waals surface area contributed by atoms with E-state index in [1.807, 2.05) is 9.80 Å². The minimum absolute atomic E-state index is 0.0227. The maximum Gasteiger partial charge on any atom is 0.324 e. The molecule has 0 bridgehead atoms. The standard InChI is InChI=1S/C14H23N5O3/c20-7-6-16-8-17-12-11(15-13(17)21)19(14(22)18(12)9-16)10-4-2-1-3-5-10/h10-12,20H,1-9H2,(H,15,21)/t11-,12-/m1/s1. The number of hydrogen-bond donors (Lipinski definition) is 2. The highest BCUT2D eigenvalue weighted by atomic mass is 16.3. The zero-order chi connectivity index (χ0) is 15.3. The zero-order valence-corrected chi connectivity index (χ0v) is 12.6. The largest absolute Gasteiger partial charge is 0.395 e. The van der Waals surface area contributed by atoms with Crippen molar-refractivity contribution < 1.29 is 14.7 Å². The van der Waals surface area contributed by atoms with Crippen LogP contribution in [0.5, 0.6) is 0 Å². The van der Waals surface area contributed by atoms with Crippen molar-refractivity contribution in [3.8, 4) is 0 Å². The number of nitrogens with zero attached hydrogens (tertiary/aromatic N) is 4. The van der Waals surface area contributed by atoms with Crippen LogP contribution in [-0.4, -0.2) is 81.6 Å². The number of carbonyl (C=O) groups is 2. The summed E-state index contributed by atoms with van der Waals surface area (Å²) in [6.45, 7) is 1.44. The van der Waals surface area contributed by atoms with Crippen molar-refractivity contribution in [3.63, 3.8) is 0 Å². The molecule has 0 aromatic rings. The van der Waals surface area contributed by atoms with Gasteiger partial charge < -0.3 is 10.4 Å². The van der Waals surface area contributed by atoms with Crippen LogP contribution >= 0.6 is 0 Å². The molecule has 4 aliphatic rings. The summed E-state index contributed by atoms with van der Waals surface area (Å²) in [6.07, 6.45) is 5.17. The summed E-state index contributed by atoms with van der Waals surface area (Å²) in [4.78, 5) is 32.4. The predicted molar refractivity (Wildman–Crippen MR) is 77.4 cm³/mol. The molecule has 22 heavy (non-hydrogen) atoms. The quantitative estimate of drug-likeness (QED) is 0.766. The normalized spacial score (nSPS) is 32.7. The molecule has 0 aromatic heterocycles. The molecule has 2 atom stereocenters. The first-order valence-corrected chi connectivity index (χ1v) is 8.20. The lowest BCUT2D eigenvalue weighted by Crippen LogP contribution is -2.60. The fraction of sp³-hybridized carbons (Fsp3) is 0.857. The number of amides is 4. The van der Waals surface area contributed by atoms with Gasteiger partial charge in [0.25, 0.3) is 0 Å². The molecule has 0 aromatic carbocycles. The van der Waals surface area contributed by atoms with Crippen molar-refractivity contribution >= 4 is 12.1 Å². The number of aliphatic hydroxyl groups excluding tert-OH is 1. The second-order valence-corrected chi connectivity index (χ2v) is 6.63. The van der Waals surface area contributed by atoms with Crippen LogP contribution in [0.1, 0.15) is 32.1 Å². The SMILES string of the molecule is O=C1N[C@H]2[C@@H]3N1CN(CCO)CN3C(=O)N2C1CCCCC1. The van der Waals surface area contributed by atoms with E-state index in [0.29, 0.717) is 19.9 Å².